The van der Waals surface area contributed by atoms with E-state index >= 15 is 0 Å². The Hall–Kier alpha value is -5.82. The van der Waals surface area contributed by atoms with Crippen LogP contribution in [0.4, 0.5) is 18.4 Å². The number of rotatable bonds is 4. The van der Waals surface area contributed by atoms with E-state index in [2.05, 4.69) is 21.9 Å². The maximum Gasteiger partial charge on any atom is 0.410 e. The Balaban J connectivity index is 0.000000154. The van der Waals surface area contributed by atoms with Gasteiger partial charge in [0.2, 0.25) is 0 Å². The van der Waals surface area contributed by atoms with Crippen LogP contribution in [0.3, 0.4) is 0 Å². The van der Waals surface area contributed by atoms with Crippen LogP contribution < -0.4 is 0 Å². The van der Waals surface area contributed by atoms with Crippen molar-refractivity contribution in [2.24, 2.45) is 11.8 Å². The number of carbonyl (C=O) groups excluding carboxylic acids is 2. The molecule has 0 saturated carbocycles. The van der Waals surface area contributed by atoms with Crippen LogP contribution in [0.25, 0.3) is 0 Å². The Morgan fingerprint density at radius 1 is 0.550 bits per heavy atom. The molecule has 8 heterocycles. The molecule has 4 aromatic rings. The minimum absolute atomic E-state index is 0.0688. The molecular weight excluding hydrogens is 763 g/mol. The van der Waals surface area contributed by atoms with E-state index in [4.69, 9.17) is 9.47 Å². The Labute approximate surface area is 349 Å². The van der Waals surface area contributed by atoms with E-state index in [1.807, 2.05) is 36.4 Å². The summed E-state index contributed by atoms with van der Waals surface area (Å²) in [6.07, 6.45) is 4.93. The van der Waals surface area contributed by atoms with Gasteiger partial charge in [0, 0.05) is 26.2 Å². The lowest BCUT2D eigenvalue weighted by molar-refractivity contribution is -0.0465. The Kier molecular flexibility index (Phi) is 11.3. The first-order valence-corrected chi connectivity index (χ1v) is 21.2. The van der Waals surface area contributed by atoms with Crippen molar-refractivity contribution in [2.45, 2.75) is 62.8 Å². The minimum atomic E-state index is -0.392. The second-order valence-electron chi connectivity index (χ2n) is 17.0. The fourth-order valence-corrected chi connectivity index (χ4v) is 10.3. The lowest BCUT2D eigenvalue weighted by Gasteiger charge is -2.45. The predicted octanol–water partition coefficient (Wildman–Crippen LogP) is 7.75. The number of amides is 2. The monoisotopic (exact) mass is 810 g/mol. The van der Waals surface area contributed by atoms with Crippen molar-refractivity contribution in [3.05, 3.63) is 141 Å². The molecule has 8 aliphatic heterocycles. The third-order valence-electron chi connectivity index (χ3n) is 13.5. The summed E-state index contributed by atoms with van der Waals surface area (Å²) in [6, 6.07) is 27.3. The van der Waals surface area contributed by atoms with E-state index in [1.54, 1.807) is 34.1 Å². The van der Waals surface area contributed by atoms with Crippen molar-refractivity contribution in [3.8, 4) is 12.1 Å². The van der Waals surface area contributed by atoms with Crippen LogP contribution in [0.2, 0.25) is 0 Å². The molecule has 6 saturated heterocycles. The van der Waals surface area contributed by atoms with Crippen LogP contribution in [0, 0.1) is 46.1 Å². The third-order valence-corrected chi connectivity index (χ3v) is 13.5. The van der Waals surface area contributed by atoms with Gasteiger partial charge in [-0.2, -0.15) is 10.5 Å². The summed E-state index contributed by atoms with van der Waals surface area (Å²) in [6.45, 7) is 7.02. The van der Waals surface area contributed by atoms with Crippen molar-refractivity contribution in [1.82, 2.24) is 19.6 Å². The van der Waals surface area contributed by atoms with E-state index < -0.39 is 12.1 Å². The molecule has 0 aliphatic carbocycles. The number of hydrogen-bond acceptors (Lipinski definition) is 8. The van der Waals surface area contributed by atoms with Crippen molar-refractivity contribution in [1.29, 1.82) is 10.5 Å². The van der Waals surface area contributed by atoms with Crippen LogP contribution in [0.15, 0.2) is 84.9 Å². The van der Waals surface area contributed by atoms with Crippen molar-refractivity contribution in [2.75, 3.05) is 52.4 Å². The zero-order valence-corrected chi connectivity index (χ0v) is 33.5. The van der Waals surface area contributed by atoms with E-state index in [-0.39, 0.29) is 36.0 Å². The fourth-order valence-electron chi connectivity index (χ4n) is 10.3. The van der Waals surface area contributed by atoms with Crippen LogP contribution in [0.1, 0.15) is 82.3 Å². The molecule has 60 heavy (non-hydrogen) atoms. The molecule has 10 nitrogen and oxygen atoms in total. The molecule has 308 valence electrons. The van der Waals surface area contributed by atoms with Gasteiger partial charge in [-0.1, -0.05) is 36.4 Å². The maximum atomic E-state index is 13.6. The number of benzene rings is 4. The highest BCUT2D eigenvalue weighted by Gasteiger charge is 2.41. The molecular formula is C48H48F2N6O4. The second kappa shape index (κ2) is 17.0. The number of piperidine rings is 6. The molecule has 4 bridgehead atoms. The lowest BCUT2D eigenvalue weighted by atomic mass is 9.86. The highest BCUT2D eigenvalue weighted by atomic mass is 19.1. The van der Waals surface area contributed by atoms with Crippen LogP contribution in [-0.2, 0) is 22.3 Å². The zero-order chi connectivity index (χ0) is 41.3. The van der Waals surface area contributed by atoms with Gasteiger partial charge in [0.1, 0.15) is 23.8 Å². The van der Waals surface area contributed by atoms with Crippen LogP contribution in [-0.4, -0.2) is 96.4 Å². The molecule has 12 rings (SSSR count). The van der Waals surface area contributed by atoms with Crippen molar-refractivity contribution in [3.63, 3.8) is 0 Å². The minimum Gasteiger partial charge on any atom is -0.444 e. The van der Waals surface area contributed by atoms with Gasteiger partial charge in [-0.05, 0) is 158 Å². The van der Waals surface area contributed by atoms with Crippen LogP contribution >= 0.6 is 0 Å². The summed E-state index contributed by atoms with van der Waals surface area (Å²) >= 11 is 0. The molecule has 4 atom stereocenters. The summed E-state index contributed by atoms with van der Waals surface area (Å²) in [5.74, 6) is 0.236. The number of halogens is 2. The smallest absolute Gasteiger partial charge is 0.410 e. The average Bonchev–Trinajstić information content (AvgIpc) is 3.29. The number of nitriles is 2. The van der Waals surface area contributed by atoms with E-state index in [0.717, 1.165) is 98.3 Å². The van der Waals surface area contributed by atoms with E-state index in [0.29, 0.717) is 48.9 Å². The molecule has 4 aromatic carbocycles. The Morgan fingerprint density at radius 2 is 0.933 bits per heavy atom. The number of carbonyl (C=O) groups is 2. The molecule has 8 aliphatic rings. The van der Waals surface area contributed by atoms with Crippen LogP contribution in [0.5, 0.6) is 0 Å². The largest absolute Gasteiger partial charge is 0.444 e. The van der Waals surface area contributed by atoms with Gasteiger partial charge >= 0.3 is 12.2 Å². The summed E-state index contributed by atoms with van der Waals surface area (Å²) in [5.41, 5.74) is 6.78. The van der Waals surface area contributed by atoms with Gasteiger partial charge in [0.25, 0.3) is 0 Å². The van der Waals surface area contributed by atoms with Gasteiger partial charge in [-0.3, -0.25) is 19.6 Å². The van der Waals surface area contributed by atoms with Gasteiger partial charge in [0.05, 0.1) is 35.3 Å². The molecule has 0 N–H and O–H groups in total. The zero-order valence-electron chi connectivity index (χ0n) is 33.5. The highest BCUT2D eigenvalue weighted by Crippen LogP contribution is 2.40. The van der Waals surface area contributed by atoms with E-state index in [9.17, 15) is 28.9 Å². The first-order chi connectivity index (χ1) is 29.2. The summed E-state index contributed by atoms with van der Waals surface area (Å²) in [5, 5.41) is 18.7. The normalized spacial score (nSPS) is 27.3. The molecule has 0 spiro atoms. The number of nitrogens with zero attached hydrogens (tertiary/aromatic N) is 6. The maximum absolute atomic E-state index is 13.6. The quantitative estimate of drug-likeness (QED) is 0.206. The number of fused-ring (bicyclic) bond motifs is 8. The molecule has 12 heteroatoms. The predicted molar refractivity (Wildman–Crippen MR) is 218 cm³/mol. The Morgan fingerprint density at radius 3 is 1.27 bits per heavy atom. The lowest BCUT2D eigenvalue weighted by Crippen LogP contribution is -2.53. The number of hydrogen-bond donors (Lipinski definition) is 0. The fraction of sp³-hybridized carbons (Fsp3) is 0.417. The summed E-state index contributed by atoms with van der Waals surface area (Å²) in [7, 11) is 0. The first kappa shape index (κ1) is 39.6. The second-order valence-corrected chi connectivity index (χ2v) is 17.0. The van der Waals surface area contributed by atoms with Gasteiger partial charge in [0.15, 0.2) is 0 Å². The summed E-state index contributed by atoms with van der Waals surface area (Å²) < 4.78 is 39.2. The van der Waals surface area contributed by atoms with Gasteiger partial charge in [-0.15, -0.1) is 0 Å². The Bertz CT molecular complexity index is 2150. The van der Waals surface area contributed by atoms with Gasteiger partial charge < -0.3 is 9.47 Å². The van der Waals surface area contributed by atoms with E-state index in [1.165, 1.54) is 24.3 Å². The summed E-state index contributed by atoms with van der Waals surface area (Å²) in [4.78, 5) is 34.8. The first-order valence-electron chi connectivity index (χ1n) is 21.2. The molecule has 6 fully saturated rings. The molecule has 0 radical (unpaired) electrons. The topological polar surface area (TPSA) is 113 Å². The SMILES string of the molecule is N#Cc1ccc2c(c1)[C@@H](c1ccc(F)cc1)N(C(=O)O[C@@H]1CN3CCC1CC3)CC2.N#Cc1ccc2c(c1)[C@H](c1ccc(F)cc1)N(C(=O)O[C@@H]1CN3CCC1CC3)CC2. The van der Waals surface area contributed by atoms with Gasteiger partial charge in [-0.25, -0.2) is 18.4 Å². The van der Waals surface area contributed by atoms with Crippen molar-refractivity contribution >= 4 is 12.2 Å². The molecule has 2 amide bonds. The third kappa shape index (κ3) is 8.07. The molecule has 0 unspecified atom stereocenters. The standard InChI is InChI=1S/2C24H24FN3O2/c2*25-20-5-3-19(4-6-20)23-21-13-16(14-26)1-2-17(21)9-12-28(23)24(29)30-22-15-27-10-7-18(22)8-11-27/h2*1-6,13,18,22-23H,7-12,15H2/t22-,23+;22-,23-/m11/s1. The molecule has 0 aromatic heterocycles. The van der Waals surface area contributed by atoms with Crippen molar-refractivity contribution < 1.29 is 27.8 Å². The number of ether oxygens (including phenoxy) is 2. The average molecular weight is 811 g/mol. The highest BCUT2D eigenvalue weighted by molar-refractivity contribution is 5.71.